The number of likely N-dealkylation sites (tertiary alicyclic amines) is 1. The number of hydrogen-bond acceptors (Lipinski definition) is 6. The van der Waals surface area contributed by atoms with Crippen LogP contribution in [0.4, 0.5) is 4.79 Å². The maximum Gasteiger partial charge on any atom is 0.404 e. The Labute approximate surface area is 221 Å². The van der Waals surface area contributed by atoms with Gasteiger partial charge in [-0.2, -0.15) is 0 Å². The molecule has 2 fully saturated rings. The van der Waals surface area contributed by atoms with Crippen molar-refractivity contribution >= 4 is 23.6 Å². The Morgan fingerprint density at radius 2 is 2.05 bits per heavy atom. The Morgan fingerprint density at radius 1 is 1.27 bits per heavy atom. The van der Waals surface area contributed by atoms with Crippen LogP contribution in [-0.2, 0) is 10.4 Å². The second kappa shape index (κ2) is 11.4. The Kier molecular flexibility index (Phi) is 8.48. The molecule has 1 saturated heterocycles. The third-order valence-electron chi connectivity index (χ3n) is 7.81. The number of hydrogen-bond donors (Lipinski definition) is 5. The maximum absolute atomic E-state index is 13.3. The molecule has 202 valence electrons. The minimum atomic E-state index is -1.40. The molecule has 9 nitrogen and oxygen atoms in total. The molecule has 1 aromatic heterocycles. The first kappa shape index (κ1) is 27.4. The largest absolute Gasteiger partial charge is 0.465 e. The number of nitrogens with zero attached hydrogens (tertiary/aromatic N) is 1. The molecular formula is C27H36ClN3O6. The van der Waals surface area contributed by atoms with Crippen LogP contribution in [0.1, 0.15) is 49.8 Å². The number of benzene rings is 1. The van der Waals surface area contributed by atoms with E-state index in [1.165, 1.54) is 0 Å². The van der Waals surface area contributed by atoms with Crippen molar-refractivity contribution in [1.29, 1.82) is 0 Å². The predicted octanol–water partition coefficient (Wildman–Crippen LogP) is 3.48. The maximum atomic E-state index is 13.3. The van der Waals surface area contributed by atoms with Gasteiger partial charge in [-0.15, -0.1) is 0 Å². The average molecular weight is 534 g/mol. The Morgan fingerprint density at radius 3 is 2.70 bits per heavy atom. The van der Waals surface area contributed by atoms with Gasteiger partial charge in [0.05, 0.1) is 16.7 Å². The highest BCUT2D eigenvalue weighted by atomic mass is 35.5. The van der Waals surface area contributed by atoms with Crippen LogP contribution in [0.3, 0.4) is 0 Å². The van der Waals surface area contributed by atoms with Crippen LogP contribution in [-0.4, -0.2) is 64.0 Å². The van der Waals surface area contributed by atoms with Crippen LogP contribution < -0.4 is 11.1 Å². The summed E-state index contributed by atoms with van der Waals surface area (Å²) in [5, 5.41) is 34.3. The van der Waals surface area contributed by atoms with E-state index >= 15 is 0 Å². The monoisotopic (exact) mass is 533 g/mol. The first-order valence-electron chi connectivity index (χ1n) is 12.9. The second-order valence-electron chi connectivity index (χ2n) is 10.4. The first-order chi connectivity index (χ1) is 17.6. The molecule has 1 aliphatic carbocycles. The number of nitrogens with two attached hydrogens (primary N) is 1. The van der Waals surface area contributed by atoms with Crippen molar-refractivity contribution in [1.82, 2.24) is 10.2 Å². The van der Waals surface area contributed by atoms with Crippen LogP contribution in [0, 0.1) is 18.8 Å². The minimum absolute atomic E-state index is 0.0421. The van der Waals surface area contributed by atoms with Gasteiger partial charge in [-0.1, -0.05) is 23.7 Å². The number of carboxylic acid groups (broad SMARTS) is 1. The quantitative estimate of drug-likeness (QED) is 0.326. The smallest absolute Gasteiger partial charge is 0.404 e. The number of aliphatic hydroxyl groups excluding tert-OH is 1. The van der Waals surface area contributed by atoms with E-state index in [1.54, 1.807) is 17.0 Å². The molecular weight excluding hydrogens is 498 g/mol. The molecule has 0 radical (unpaired) electrons. The molecule has 0 bridgehead atoms. The standard InChI is InChI=1S/C27H36ClN3O6/c1-16-8-9-23(37-16)24-19(6-2-7-20(24)28)27(36,10-4-11-30-26(34)35)18-5-3-12-31(15-18)25(33)17-13-21(29)22(32)14-17/h2,6-9,17-18,21-22,30,32,36H,3-5,10-15,29H2,1H3,(H,34,35)/t17-,18+,21+,22-,27?/m0/s1. The Hall–Kier alpha value is -2.59. The van der Waals surface area contributed by atoms with Crippen molar-refractivity contribution in [2.45, 2.75) is 63.2 Å². The number of aryl methyl sites for hydroxylation is 1. The van der Waals surface area contributed by atoms with E-state index in [1.807, 2.05) is 25.1 Å². The summed E-state index contributed by atoms with van der Waals surface area (Å²) >= 11 is 6.65. The molecule has 2 heterocycles. The zero-order valence-corrected chi connectivity index (χ0v) is 21.8. The second-order valence-corrected chi connectivity index (χ2v) is 10.8. The number of piperidine rings is 1. The van der Waals surface area contributed by atoms with Gasteiger partial charge < -0.3 is 35.7 Å². The minimum Gasteiger partial charge on any atom is -0.465 e. The zero-order valence-electron chi connectivity index (χ0n) is 21.0. The van der Waals surface area contributed by atoms with Crippen molar-refractivity contribution < 1.29 is 29.3 Å². The predicted molar refractivity (Wildman–Crippen MR) is 139 cm³/mol. The summed E-state index contributed by atoms with van der Waals surface area (Å²) in [6, 6.07) is 8.61. The highest BCUT2D eigenvalue weighted by Gasteiger charge is 2.45. The van der Waals surface area contributed by atoms with Crippen molar-refractivity contribution in [3.8, 4) is 11.3 Å². The molecule has 2 amide bonds. The SMILES string of the molecule is Cc1ccc(-c2c(Cl)cccc2C(O)(CCCNC(=O)O)[C@@H]2CCCN(C(=O)[C@H]3C[C@@H](N)[C@@H](O)C3)C2)o1. The number of carbonyl (C=O) groups is 2. The Balaban J connectivity index is 1.66. The molecule has 10 heteroatoms. The van der Waals surface area contributed by atoms with Gasteiger partial charge in [0.1, 0.15) is 11.5 Å². The molecule has 6 N–H and O–H groups in total. The lowest BCUT2D eigenvalue weighted by Gasteiger charge is -2.44. The van der Waals surface area contributed by atoms with E-state index in [0.29, 0.717) is 72.9 Å². The van der Waals surface area contributed by atoms with Gasteiger partial charge in [0.25, 0.3) is 0 Å². The zero-order chi connectivity index (χ0) is 26.7. The van der Waals surface area contributed by atoms with Gasteiger partial charge in [-0.25, -0.2) is 4.79 Å². The number of carbonyl (C=O) groups excluding carboxylic acids is 1. The molecule has 5 atom stereocenters. The summed E-state index contributed by atoms with van der Waals surface area (Å²) < 4.78 is 5.89. The fraction of sp³-hybridized carbons (Fsp3) is 0.556. The summed E-state index contributed by atoms with van der Waals surface area (Å²) in [5.74, 6) is 0.562. The molecule has 4 rings (SSSR count). The normalized spacial score (nSPS) is 25.6. The fourth-order valence-electron chi connectivity index (χ4n) is 5.89. The molecule has 2 aromatic rings. The molecule has 1 unspecified atom stereocenters. The third-order valence-corrected chi connectivity index (χ3v) is 8.13. The number of aliphatic hydroxyl groups is 2. The summed E-state index contributed by atoms with van der Waals surface area (Å²) in [5.41, 5.74) is 5.75. The number of furan rings is 1. The molecule has 2 aliphatic rings. The van der Waals surface area contributed by atoms with Gasteiger partial charge in [0.15, 0.2) is 0 Å². The van der Waals surface area contributed by atoms with Crippen molar-refractivity contribution in [3.63, 3.8) is 0 Å². The van der Waals surface area contributed by atoms with Crippen LogP contribution in [0.2, 0.25) is 5.02 Å². The van der Waals surface area contributed by atoms with E-state index in [9.17, 15) is 19.8 Å². The highest BCUT2D eigenvalue weighted by Crippen LogP contribution is 2.46. The molecule has 1 saturated carbocycles. The van der Waals surface area contributed by atoms with Gasteiger partial charge in [-0.05, 0) is 69.2 Å². The lowest BCUT2D eigenvalue weighted by molar-refractivity contribution is -0.141. The van der Waals surface area contributed by atoms with Crippen LogP contribution in [0.15, 0.2) is 34.7 Å². The molecule has 1 aromatic carbocycles. The van der Waals surface area contributed by atoms with Crippen molar-refractivity contribution in [3.05, 3.63) is 46.7 Å². The fourth-order valence-corrected chi connectivity index (χ4v) is 6.16. The Bertz CT molecular complexity index is 1110. The summed E-state index contributed by atoms with van der Waals surface area (Å²) in [6.07, 6.45) is 1.04. The summed E-state index contributed by atoms with van der Waals surface area (Å²) in [4.78, 5) is 26.1. The topological polar surface area (TPSA) is 149 Å². The van der Waals surface area contributed by atoms with Gasteiger partial charge in [0, 0.05) is 43.1 Å². The highest BCUT2D eigenvalue weighted by molar-refractivity contribution is 6.33. The van der Waals surface area contributed by atoms with E-state index < -0.39 is 23.8 Å². The lowest BCUT2D eigenvalue weighted by Crippen LogP contribution is -2.49. The van der Waals surface area contributed by atoms with Crippen molar-refractivity contribution in [2.24, 2.45) is 17.6 Å². The van der Waals surface area contributed by atoms with Crippen LogP contribution in [0.5, 0.6) is 0 Å². The first-order valence-corrected chi connectivity index (χ1v) is 13.3. The van der Waals surface area contributed by atoms with Crippen LogP contribution >= 0.6 is 11.6 Å². The van der Waals surface area contributed by atoms with Gasteiger partial charge >= 0.3 is 6.09 Å². The summed E-state index contributed by atoms with van der Waals surface area (Å²) in [6.45, 7) is 2.93. The summed E-state index contributed by atoms with van der Waals surface area (Å²) in [7, 11) is 0. The van der Waals surface area contributed by atoms with Crippen molar-refractivity contribution in [2.75, 3.05) is 19.6 Å². The van der Waals surface area contributed by atoms with Crippen LogP contribution in [0.25, 0.3) is 11.3 Å². The third kappa shape index (κ3) is 5.95. The number of nitrogens with one attached hydrogen (secondary N) is 1. The molecule has 37 heavy (non-hydrogen) atoms. The number of halogens is 1. The van der Waals surface area contributed by atoms with E-state index in [2.05, 4.69) is 5.32 Å². The number of amides is 2. The number of rotatable bonds is 8. The van der Waals surface area contributed by atoms with E-state index in [4.69, 9.17) is 26.9 Å². The average Bonchev–Trinajstić information content (AvgIpc) is 3.45. The van der Waals surface area contributed by atoms with Gasteiger partial charge in [-0.3, -0.25) is 4.79 Å². The van der Waals surface area contributed by atoms with Gasteiger partial charge in [0.2, 0.25) is 5.91 Å². The van der Waals surface area contributed by atoms with E-state index in [0.717, 1.165) is 0 Å². The molecule has 1 aliphatic heterocycles. The molecule has 0 spiro atoms. The lowest BCUT2D eigenvalue weighted by atomic mass is 9.72. The van der Waals surface area contributed by atoms with E-state index in [-0.39, 0.29) is 30.7 Å².